The minimum atomic E-state index is -1.07. The molecule has 0 aliphatic carbocycles. The number of carbonyl (C=O) groups excluding carboxylic acids is 3. The first kappa shape index (κ1) is 25.5. The van der Waals surface area contributed by atoms with Crippen LogP contribution in [-0.4, -0.2) is 72.7 Å². The van der Waals surface area contributed by atoms with Gasteiger partial charge in [-0.3, -0.25) is 9.59 Å². The molecule has 0 radical (unpaired) electrons. The van der Waals surface area contributed by atoms with Crippen molar-refractivity contribution in [2.45, 2.75) is 89.9 Å². The third kappa shape index (κ3) is 5.49. The van der Waals surface area contributed by atoms with Crippen molar-refractivity contribution in [1.82, 2.24) is 5.32 Å². The number of carbonyl (C=O) groups is 3. The molecule has 3 fully saturated rings. The van der Waals surface area contributed by atoms with E-state index in [0.29, 0.717) is 11.3 Å². The van der Waals surface area contributed by atoms with Crippen molar-refractivity contribution in [2.75, 3.05) is 11.9 Å². The normalized spacial score (nSPS) is 31.1. The Bertz CT molecular complexity index is 978. The van der Waals surface area contributed by atoms with Crippen molar-refractivity contribution in [3.05, 3.63) is 29.8 Å². The van der Waals surface area contributed by atoms with Crippen molar-refractivity contribution in [2.24, 2.45) is 0 Å². The fourth-order valence-corrected chi connectivity index (χ4v) is 4.34. The number of hydrogen-bond donors (Lipinski definition) is 2. The zero-order valence-corrected chi connectivity index (χ0v) is 20.7. The van der Waals surface area contributed by atoms with Crippen molar-refractivity contribution >= 4 is 23.5 Å². The standard InChI is InChI=1S/C24H32N2O9/c1-7-30-21(29)13-8-10-14(11-9-13)26-19(27)12(2)25-20(28)17-15-16(33-23(3,4)32-15)18-22(31-17)35-24(5,6)34-18/h8-12,15-18,22H,7H2,1-6H3,(H,25,28)(H,26,27)/t12-,15+,16+,17-,18+,22-/m1/s1. The molecule has 2 amide bonds. The molecule has 0 aromatic heterocycles. The van der Waals surface area contributed by atoms with Crippen LogP contribution in [0.1, 0.15) is 51.9 Å². The van der Waals surface area contributed by atoms with Crippen LogP contribution in [0.5, 0.6) is 0 Å². The Morgan fingerprint density at radius 2 is 1.54 bits per heavy atom. The molecule has 11 nitrogen and oxygen atoms in total. The van der Waals surface area contributed by atoms with Gasteiger partial charge in [-0.2, -0.15) is 0 Å². The van der Waals surface area contributed by atoms with Gasteiger partial charge in [0.25, 0.3) is 5.91 Å². The molecular formula is C24H32N2O9. The number of rotatable bonds is 6. The van der Waals surface area contributed by atoms with Crippen molar-refractivity contribution < 1.29 is 42.8 Å². The van der Waals surface area contributed by atoms with Gasteiger partial charge in [-0.25, -0.2) is 4.79 Å². The van der Waals surface area contributed by atoms with Gasteiger partial charge in [-0.15, -0.1) is 0 Å². The average molecular weight is 493 g/mol. The molecule has 1 aromatic carbocycles. The molecule has 0 saturated carbocycles. The molecule has 2 N–H and O–H groups in total. The summed E-state index contributed by atoms with van der Waals surface area (Å²) in [7, 11) is 0. The van der Waals surface area contributed by atoms with Crippen LogP contribution in [0.15, 0.2) is 24.3 Å². The fraction of sp³-hybridized carbons (Fsp3) is 0.625. The second-order valence-corrected chi connectivity index (χ2v) is 9.61. The largest absolute Gasteiger partial charge is 0.462 e. The van der Waals surface area contributed by atoms with Gasteiger partial charge < -0.3 is 39.1 Å². The van der Waals surface area contributed by atoms with Gasteiger partial charge in [-0.1, -0.05) is 0 Å². The Labute approximate surface area is 203 Å². The van der Waals surface area contributed by atoms with Crippen LogP contribution in [0.2, 0.25) is 0 Å². The van der Waals surface area contributed by atoms with Crippen molar-refractivity contribution in [3.63, 3.8) is 0 Å². The van der Waals surface area contributed by atoms with Gasteiger partial charge in [0.2, 0.25) is 5.91 Å². The molecule has 3 heterocycles. The smallest absolute Gasteiger partial charge is 0.338 e. The van der Waals surface area contributed by atoms with Crippen LogP contribution in [0.4, 0.5) is 5.69 Å². The minimum absolute atomic E-state index is 0.272. The van der Waals surface area contributed by atoms with E-state index in [2.05, 4.69) is 10.6 Å². The molecule has 0 spiro atoms. The van der Waals surface area contributed by atoms with E-state index >= 15 is 0 Å². The third-order valence-electron chi connectivity index (χ3n) is 5.83. The van der Waals surface area contributed by atoms with E-state index in [9.17, 15) is 14.4 Å². The van der Waals surface area contributed by atoms with Crippen LogP contribution in [0.25, 0.3) is 0 Å². The summed E-state index contributed by atoms with van der Waals surface area (Å²) >= 11 is 0. The Morgan fingerprint density at radius 3 is 2.20 bits per heavy atom. The van der Waals surface area contributed by atoms with Crippen LogP contribution in [0, 0.1) is 0 Å². The van der Waals surface area contributed by atoms with Crippen LogP contribution in [0.3, 0.4) is 0 Å². The molecule has 6 atom stereocenters. The number of fused-ring (bicyclic) bond motifs is 3. The topological polar surface area (TPSA) is 131 Å². The zero-order chi connectivity index (χ0) is 25.5. The molecule has 1 aromatic rings. The lowest BCUT2D eigenvalue weighted by molar-refractivity contribution is -0.231. The predicted octanol–water partition coefficient (Wildman–Crippen LogP) is 1.70. The highest BCUT2D eigenvalue weighted by Gasteiger charge is 2.62. The molecular weight excluding hydrogens is 460 g/mol. The van der Waals surface area contributed by atoms with Gasteiger partial charge in [0, 0.05) is 5.69 Å². The average Bonchev–Trinajstić information content (AvgIpc) is 3.27. The van der Waals surface area contributed by atoms with Gasteiger partial charge in [-0.05, 0) is 65.8 Å². The van der Waals surface area contributed by atoms with Gasteiger partial charge >= 0.3 is 5.97 Å². The Kier molecular flexibility index (Phi) is 6.91. The summed E-state index contributed by atoms with van der Waals surface area (Å²) < 4.78 is 34.6. The summed E-state index contributed by atoms with van der Waals surface area (Å²) in [5.74, 6) is -3.27. The lowest BCUT2D eigenvalue weighted by Crippen LogP contribution is -2.60. The predicted molar refractivity (Wildman–Crippen MR) is 121 cm³/mol. The Morgan fingerprint density at radius 1 is 0.943 bits per heavy atom. The maximum Gasteiger partial charge on any atom is 0.338 e. The summed E-state index contributed by atoms with van der Waals surface area (Å²) in [5, 5.41) is 5.38. The SMILES string of the molecule is CCOC(=O)c1ccc(NC(=O)[C@@H](C)NC(=O)[C@@H]2O[C@@H]3OC(C)(C)O[C@H]3[C@H]3OC(C)(C)O[C@@H]32)cc1. The highest BCUT2D eigenvalue weighted by atomic mass is 16.9. The van der Waals surface area contributed by atoms with Gasteiger partial charge in [0.15, 0.2) is 24.0 Å². The first-order valence-corrected chi connectivity index (χ1v) is 11.6. The third-order valence-corrected chi connectivity index (χ3v) is 5.83. The number of ether oxygens (including phenoxy) is 6. The van der Waals surface area contributed by atoms with Crippen LogP contribution < -0.4 is 10.6 Å². The number of esters is 1. The van der Waals surface area contributed by atoms with E-state index in [1.54, 1.807) is 65.8 Å². The van der Waals surface area contributed by atoms with E-state index in [0.717, 1.165) is 0 Å². The lowest BCUT2D eigenvalue weighted by atomic mass is 9.98. The Hall–Kier alpha value is -2.57. The first-order valence-electron chi connectivity index (χ1n) is 11.6. The summed E-state index contributed by atoms with van der Waals surface area (Å²) in [4.78, 5) is 37.6. The van der Waals surface area contributed by atoms with Crippen LogP contribution in [-0.2, 0) is 38.0 Å². The lowest BCUT2D eigenvalue weighted by Gasteiger charge is -2.36. The first-order chi connectivity index (χ1) is 16.4. The maximum atomic E-state index is 13.2. The van der Waals surface area contributed by atoms with Crippen molar-refractivity contribution in [1.29, 1.82) is 0 Å². The van der Waals surface area contributed by atoms with Crippen molar-refractivity contribution in [3.8, 4) is 0 Å². The molecule has 11 heteroatoms. The molecule has 3 saturated heterocycles. The van der Waals surface area contributed by atoms with Crippen LogP contribution >= 0.6 is 0 Å². The van der Waals surface area contributed by atoms with E-state index in [4.69, 9.17) is 28.4 Å². The summed E-state index contributed by atoms with van der Waals surface area (Å²) in [6.45, 7) is 10.6. The highest BCUT2D eigenvalue weighted by molar-refractivity contribution is 5.98. The molecule has 0 bridgehead atoms. The number of anilines is 1. The fourth-order valence-electron chi connectivity index (χ4n) is 4.34. The van der Waals surface area contributed by atoms with E-state index in [1.165, 1.54) is 0 Å². The minimum Gasteiger partial charge on any atom is -0.462 e. The van der Waals surface area contributed by atoms with Gasteiger partial charge in [0.1, 0.15) is 24.4 Å². The number of hydrogen-bond acceptors (Lipinski definition) is 9. The number of amides is 2. The number of benzene rings is 1. The molecule has 3 aliphatic rings. The molecule has 35 heavy (non-hydrogen) atoms. The monoisotopic (exact) mass is 492 g/mol. The van der Waals surface area contributed by atoms with E-state index < -0.39 is 66.1 Å². The number of nitrogens with one attached hydrogen (secondary N) is 2. The molecule has 0 unspecified atom stereocenters. The second-order valence-electron chi connectivity index (χ2n) is 9.61. The Balaban J connectivity index is 1.39. The zero-order valence-electron chi connectivity index (χ0n) is 20.7. The van der Waals surface area contributed by atoms with Gasteiger partial charge in [0.05, 0.1) is 12.2 Å². The molecule has 192 valence electrons. The maximum absolute atomic E-state index is 13.2. The molecule has 4 rings (SSSR count). The van der Waals surface area contributed by atoms with E-state index in [-0.39, 0.29) is 6.61 Å². The quantitative estimate of drug-likeness (QED) is 0.570. The summed E-state index contributed by atoms with van der Waals surface area (Å²) in [5.41, 5.74) is 0.838. The summed E-state index contributed by atoms with van der Waals surface area (Å²) in [6.07, 6.45) is -3.77. The van der Waals surface area contributed by atoms with E-state index in [1.807, 2.05) is 0 Å². The summed E-state index contributed by atoms with van der Waals surface area (Å²) in [6, 6.07) is 5.37. The second kappa shape index (κ2) is 9.47. The molecule has 3 aliphatic heterocycles. The highest BCUT2D eigenvalue weighted by Crippen LogP contribution is 2.44.